The molecule has 1 saturated carbocycles. The van der Waals surface area contributed by atoms with Crippen molar-refractivity contribution in [2.24, 2.45) is 5.92 Å². The van der Waals surface area contributed by atoms with E-state index in [0.29, 0.717) is 0 Å². The minimum atomic E-state index is 0.204. The molecule has 0 amide bonds. The highest BCUT2D eigenvalue weighted by molar-refractivity contribution is 5.44. The van der Waals surface area contributed by atoms with Crippen molar-refractivity contribution < 1.29 is 0 Å². The van der Waals surface area contributed by atoms with Crippen LogP contribution in [0.5, 0.6) is 0 Å². The van der Waals surface area contributed by atoms with Crippen molar-refractivity contribution in [1.82, 2.24) is 4.98 Å². The molecule has 1 aromatic rings. The molecule has 0 aromatic carbocycles. The zero-order valence-electron chi connectivity index (χ0n) is 11.1. The van der Waals surface area contributed by atoms with E-state index in [-0.39, 0.29) is 5.41 Å². The normalized spacial score (nSPS) is 27.8. The fourth-order valence-corrected chi connectivity index (χ4v) is 3.20. The average Bonchev–Trinajstić information content (AvgIpc) is 2.89. The van der Waals surface area contributed by atoms with Gasteiger partial charge in [0.25, 0.3) is 0 Å². The lowest BCUT2D eigenvalue weighted by molar-refractivity contribution is 0.549. The molecule has 0 N–H and O–H groups in total. The number of piperidine rings is 1. The summed E-state index contributed by atoms with van der Waals surface area (Å²) in [5.74, 6) is 2.12. The number of nitrogens with zero attached hydrogens (tertiary/aromatic N) is 2. The highest BCUT2D eigenvalue weighted by atomic mass is 15.2. The van der Waals surface area contributed by atoms with Gasteiger partial charge in [-0.2, -0.15) is 0 Å². The largest absolute Gasteiger partial charge is 0.353 e. The molecule has 2 bridgehead atoms. The molecule has 2 heteroatoms. The molecule has 17 heavy (non-hydrogen) atoms. The average molecular weight is 230 g/mol. The minimum absolute atomic E-state index is 0.204. The molecule has 2 aliphatic rings. The molecule has 0 spiro atoms. The second-order valence-corrected chi connectivity index (χ2v) is 6.64. The van der Waals surface area contributed by atoms with Crippen molar-refractivity contribution in [2.45, 2.75) is 51.5 Å². The van der Waals surface area contributed by atoms with Crippen LogP contribution >= 0.6 is 0 Å². The van der Waals surface area contributed by atoms with Crippen LogP contribution in [0, 0.1) is 5.92 Å². The summed E-state index contributed by atoms with van der Waals surface area (Å²) in [7, 11) is 0. The molecule has 92 valence electrons. The van der Waals surface area contributed by atoms with Crippen LogP contribution in [-0.4, -0.2) is 17.6 Å². The molecule has 1 saturated heterocycles. The molecule has 2 atom stereocenters. The Balaban J connectivity index is 1.81. The third-order valence-electron chi connectivity index (χ3n) is 4.32. The lowest BCUT2D eigenvalue weighted by Crippen LogP contribution is -2.32. The SMILES string of the molecule is CC(C)(C)c1ccc(N2CC3CCC2C3)nc1. The lowest BCUT2D eigenvalue weighted by atomic mass is 9.88. The second-order valence-electron chi connectivity index (χ2n) is 6.64. The standard InChI is InChI=1S/C15H22N2/c1-15(2,3)12-5-7-14(16-9-12)17-10-11-4-6-13(17)8-11/h5,7,9,11,13H,4,6,8,10H2,1-3H3. The first kappa shape index (κ1) is 11.1. The molecular formula is C15H22N2. The van der Waals surface area contributed by atoms with Crippen molar-refractivity contribution in [3.63, 3.8) is 0 Å². The highest BCUT2D eigenvalue weighted by Gasteiger charge is 2.38. The molecule has 1 aliphatic carbocycles. The van der Waals surface area contributed by atoms with Crippen molar-refractivity contribution in [3.8, 4) is 0 Å². The van der Waals surface area contributed by atoms with Crippen LogP contribution in [0.1, 0.15) is 45.6 Å². The number of fused-ring (bicyclic) bond motifs is 2. The third-order valence-corrected chi connectivity index (χ3v) is 4.32. The Morgan fingerprint density at radius 3 is 2.53 bits per heavy atom. The van der Waals surface area contributed by atoms with E-state index in [1.165, 1.54) is 37.2 Å². The van der Waals surface area contributed by atoms with Gasteiger partial charge < -0.3 is 4.90 Å². The number of rotatable bonds is 1. The topological polar surface area (TPSA) is 16.1 Å². The smallest absolute Gasteiger partial charge is 0.128 e. The van der Waals surface area contributed by atoms with Crippen molar-refractivity contribution in [3.05, 3.63) is 23.9 Å². The fourth-order valence-electron chi connectivity index (χ4n) is 3.20. The Labute approximate surface area is 104 Å². The molecule has 1 aliphatic heterocycles. The second kappa shape index (κ2) is 3.72. The summed E-state index contributed by atoms with van der Waals surface area (Å²) in [6, 6.07) is 5.23. The van der Waals surface area contributed by atoms with E-state index in [1.807, 2.05) is 0 Å². The molecular weight excluding hydrogens is 208 g/mol. The lowest BCUT2D eigenvalue weighted by Gasteiger charge is -2.28. The van der Waals surface area contributed by atoms with E-state index >= 15 is 0 Å². The summed E-state index contributed by atoms with van der Waals surface area (Å²) in [5.41, 5.74) is 1.53. The van der Waals surface area contributed by atoms with Gasteiger partial charge in [0.2, 0.25) is 0 Å². The Morgan fingerprint density at radius 1 is 1.24 bits per heavy atom. The van der Waals surface area contributed by atoms with Gasteiger partial charge in [0.15, 0.2) is 0 Å². The molecule has 2 fully saturated rings. The van der Waals surface area contributed by atoms with Crippen molar-refractivity contribution in [2.75, 3.05) is 11.4 Å². The Kier molecular flexibility index (Phi) is 2.42. The summed E-state index contributed by atoms with van der Waals surface area (Å²) in [6.45, 7) is 7.94. The van der Waals surface area contributed by atoms with Crippen LogP contribution in [0.15, 0.2) is 18.3 Å². The van der Waals surface area contributed by atoms with E-state index in [9.17, 15) is 0 Å². The van der Waals surface area contributed by atoms with Gasteiger partial charge in [-0.3, -0.25) is 0 Å². The maximum Gasteiger partial charge on any atom is 0.128 e. The maximum atomic E-state index is 4.67. The highest BCUT2D eigenvalue weighted by Crippen LogP contribution is 2.39. The number of anilines is 1. The summed E-state index contributed by atoms with van der Waals surface area (Å²) >= 11 is 0. The van der Waals surface area contributed by atoms with Gasteiger partial charge in [0, 0.05) is 18.8 Å². The van der Waals surface area contributed by atoms with Gasteiger partial charge in [0.05, 0.1) is 0 Å². The number of hydrogen-bond acceptors (Lipinski definition) is 2. The van der Waals surface area contributed by atoms with Crippen LogP contribution in [0.4, 0.5) is 5.82 Å². The predicted octanol–water partition coefficient (Wildman–Crippen LogP) is 3.37. The Bertz CT molecular complexity index is 402. The summed E-state index contributed by atoms with van der Waals surface area (Å²) in [4.78, 5) is 7.19. The Hall–Kier alpha value is -1.05. The molecule has 1 aromatic heterocycles. The monoisotopic (exact) mass is 230 g/mol. The van der Waals surface area contributed by atoms with Gasteiger partial charge in [-0.15, -0.1) is 0 Å². The van der Waals surface area contributed by atoms with E-state index in [2.05, 4.69) is 49.0 Å². The van der Waals surface area contributed by atoms with Gasteiger partial charge >= 0.3 is 0 Å². The number of aromatic nitrogens is 1. The van der Waals surface area contributed by atoms with Crippen molar-refractivity contribution >= 4 is 5.82 Å². The number of hydrogen-bond donors (Lipinski definition) is 0. The third kappa shape index (κ3) is 1.94. The fraction of sp³-hybridized carbons (Fsp3) is 0.667. The Morgan fingerprint density at radius 2 is 2.06 bits per heavy atom. The molecule has 3 rings (SSSR count). The van der Waals surface area contributed by atoms with E-state index in [0.717, 1.165) is 12.0 Å². The molecule has 2 nitrogen and oxygen atoms in total. The first-order chi connectivity index (χ1) is 8.04. The van der Waals surface area contributed by atoms with Gasteiger partial charge in [-0.1, -0.05) is 26.8 Å². The van der Waals surface area contributed by atoms with Crippen LogP contribution in [-0.2, 0) is 5.41 Å². The van der Waals surface area contributed by atoms with Crippen LogP contribution in [0.2, 0.25) is 0 Å². The zero-order chi connectivity index (χ0) is 12.0. The minimum Gasteiger partial charge on any atom is -0.353 e. The summed E-state index contributed by atoms with van der Waals surface area (Å²) in [5, 5.41) is 0. The van der Waals surface area contributed by atoms with Gasteiger partial charge in [-0.05, 0) is 42.2 Å². The van der Waals surface area contributed by atoms with E-state index < -0.39 is 0 Å². The van der Waals surface area contributed by atoms with E-state index in [1.54, 1.807) is 0 Å². The number of pyridine rings is 1. The molecule has 0 radical (unpaired) electrons. The summed E-state index contributed by atoms with van der Waals surface area (Å²) in [6.07, 6.45) is 6.25. The predicted molar refractivity (Wildman–Crippen MR) is 71.4 cm³/mol. The van der Waals surface area contributed by atoms with E-state index in [4.69, 9.17) is 0 Å². The molecule has 2 unspecified atom stereocenters. The van der Waals surface area contributed by atoms with Gasteiger partial charge in [0.1, 0.15) is 5.82 Å². The van der Waals surface area contributed by atoms with Crippen LogP contribution in [0.25, 0.3) is 0 Å². The quantitative estimate of drug-likeness (QED) is 0.735. The molecule has 2 heterocycles. The van der Waals surface area contributed by atoms with Gasteiger partial charge in [-0.25, -0.2) is 4.98 Å². The van der Waals surface area contributed by atoms with Crippen molar-refractivity contribution in [1.29, 1.82) is 0 Å². The summed E-state index contributed by atoms with van der Waals surface area (Å²) < 4.78 is 0. The van der Waals surface area contributed by atoms with Crippen LogP contribution in [0.3, 0.4) is 0 Å². The van der Waals surface area contributed by atoms with Crippen LogP contribution < -0.4 is 4.90 Å². The first-order valence-corrected chi connectivity index (χ1v) is 6.77. The maximum absolute atomic E-state index is 4.67. The first-order valence-electron chi connectivity index (χ1n) is 6.77. The zero-order valence-corrected chi connectivity index (χ0v) is 11.1.